The minimum atomic E-state index is -1.49. The van der Waals surface area contributed by atoms with Crippen molar-refractivity contribution in [2.75, 3.05) is 0 Å². The zero-order valence-electron chi connectivity index (χ0n) is 7.18. The first-order valence-electron chi connectivity index (χ1n) is 3.80. The molecule has 3 N–H and O–H groups in total. The summed E-state index contributed by atoms with van der Waals surface area (Å²) in [5.41, 5.74) is 1.47. The molecule has 0 saturated heterocycles. The predicted octanol–water partition coefficient (Wildman–Crippen LogP) is -0.435. The Balaban J connectivity index is 3.05. The lowest BCUT2D eigenvalue weighted by atomic mass is 9.79. The minimum absolute atomic E-state index is 0.375. The molecule has 0 saturated carbocycles. The van der Waals surface area contributed by atoms with Gasteiger partial charge in [-0.25, -0.2) is 0 Å². The maximum Gasteiger partial charge on any atom is 0.488 e. The molecule has 0 fully saturated rings. The van der Waals surface area contributed by atoms with Gasteiger partial charge < -0.3 is 15.3 Å². The molecule has 1 aromatic carbocycles. The smallest absolute Gasteiger partial charge is 0.423 e. The molecule has 0 heterocycles. The van der Waals surface area contributed by atoms with Crippen molar-refractivity contribution < 1.29 is 15.3 Å². The SMILES string of the molecule is C/C(=N\O)c1cccc(B(O)O)c1. The molecule has 0 amide bonds. The third-order valence-electron chi connectivity index (χ3n) is 1.75. The van der Waals surface area contributed by atoms with E-state index in [1.165, 1.54) is 0 Å². The summed E-state index contributed by atoms with van der Waals surface area (Å²) in [6.07, 6.45) is 0. The van der Waals surface area contributed by atoms with E-state index in [2.05, 4.69) is 5.16 Å². The van der Waals surface area contributed by atoms with Crippen LogP contribution in [0.4, 0.5) is 0 Å². The van der Waals surface area contributed by atoms with Gasteiger partial charge in [0.15, 0.2) is 0 Å². The number of rotatable bonds is 2. The summed E-state index contributed by atoms with van der Waals surface area (Å²) in [5.74, 6) is 0. The van der Waals surface area contributed by atoms with Gasteiger partial charge in [0.2, 0.25) is 0 Å². The fraction of sp³-hybridized carbons (Fsp3) is 0.125. The van der Waals surface area contributed by atoms with Crippen molar-refractivity contribution >= 4 is 18.3 Å². The van der Waals surface area contributed by atoms with Gasteiger partial charge in [0.05, 0.1) is 5.71 Å². The second kappa shape index (κ2) is 4.07. The Labute approximate surface area is 76.3 Å². The highest BCUT2D eigenvalue weighted by molar-refractivity contribution is 6.58. The Morgan fingerprint density at radius 1 is 1.38 bits per heavy atom. The van der Waals surface area contributed by atoms with Gasteiger partial charge in [0.25, 0.3) is 0 Å². The topological polar surface area (TPSA) is 73.1 Å². The molecule has 0 aliphatic carbocycles. The van der Waals surface area contributed by atoms with Gasteiger partial charge in [-0.3, -0.25) is 0 Å². The van der Waals surface area contributed by atoms with Gasteiger partial charge in [-0.15, -0.1) is 0 Å². The maximum absolute atomic E-state index is 8.86. The summed E-state index contributed by atoms with van der Waals surface area (Å²) >= 11 is 0. The van der Waals surface area contributed by atoms with Crippen molar-refractivity contribution in [3.05, 3.63) is 29.8 Å². The van der Waals surface area contributed by atoms with E-state index in [0.29, 0.717) is 16.7 Å². The largest absolute Gasteiger partial charge is 0.488 e. The van der Waals surface area contributed by atoms with Gasteiger partial charge >= 0.3 is 7.12 Å². The summed E-state index contributed by atoms with van der Waals surface area (Å²) in [5, 5.41) is 29.2. The highest BCUT2D eigenvalue weighted by atomic mass is 16.4. The van der Waals surface area contributed by atoms with Crippen molar-refractivity contribution in [1.82, 2.24) is 0 Å². The molecule has 0 aromatic heterocycles. The minimum Gasteiger partial charge on any atom is -0.423 e. The van der Waals surface area contributed by atoms with Gasteiger partial charge in [0, 0.05) is 0 Å². The molecular formula is C8H10BNO3. The molecule has 0 aliphatic rings. The molecule has 0 atom stereocenters. The summed E-state index contributed by atoms with van der Waals surface area (Å²) in [6.45, 7) is 1.63. The first-order valence-corrected chi connectivity index (χ1v) is 3.80. The number of hydrogen-bond acceptors (Lipinski definition) is 4. The lowest BCUT2D eigenvalue weighted by Crippen LogP contribution is -2.30. The molecule has 4 nitrogen and oxygen atoms in total. The average molecular weight is 179 g/mol. The average Bonchev–Trinajstić information content (AvgIpc) is 2.17. The lowest BCUT2D eigenvalue weighted by molar-refractivity contribution is 0.319. The molecule has 13 heavy (non-hydrogen) atoms. The van der Waals surface area contributed by atoms with Gasteiger partial charge in [-0.1, -0.05) is 29.4 Å². The summed E-state index contributed by atoms with van der Waals surface area (Å²) in [7, 11) is -1.49. The number of nitrogens with zero attached hydrogens (tertiary/aromatic N) is 1. The van der Waals surface area contributed by atoms with Crippen LogP contribution >= 0.6 is 0 Å². The van der Waals surface area contributed by atoms with E-state index in [0.717, 1.165) is 0 Å². The van der Waals surface area contributed by atoms with Gasteiger partial charge in [0.1, 0.15) is 0 Å². The van der Waals surface area contributed by atoms with Crippen LogP contribution in [-0.2, 0) is 0 Å². The van der Waals surface area contributed by atoms with E-state index >= 15 is 0 Å². The molecule has 5 heteroatoms. The third-order valence-corrected chi connectivity index (χ3v) is 1.75. The van der Waals surface area contributed by atoms with Crippen LogP contribution < -0.4 is 5.46 Å². The summed E-state index contributed by atoms with van der Waals surface area (Å²) in [4.78, 5) is 0. The summed E-state index contributed by atoms with van der Waals surface area (Å²) < 4.78 is 0. The predicted molar refractivity (Wildman–Crippen MR) is 50.3 cm³/mol. The van der Waals surface area contributed by atoms with E-state index in [-0.39, 0.29) is 0 Å². The van der Waals surface area contributed by atoms with Crippen molar-refractivity contribution in [3.63, 3.8) is 0 Å². The van der Waals surface area contributed by atoms with Gasteiger partial charge in [-0.2, -0.15) is 0 Å². The van der Waals surface area contributed by atoms with E-state index in [9.17, 15) is 0 Å². The highest BCUT2D eigenvalue weighted by Crippen LogP contribution is 1.99. The fourth-order valence-corrected chi connectivity index (χ4v) is 0.982. The van der Waals surface area contributed by atoms with Crippen LogP contribution in [0, 0.1) is 0 Å². The zero-order valence-corrected chi connectivity index (χ0v) is 7.18. The standard InChI is InChI=1S/C8H10BNO3/c1-6(10-13)7-3-2-4-8(5-7)9(11)12/h2-5,11-13H,1H3/b10-6+. The van der Waals surface area contributed by atoms with E-state index in [1.807, 2.05) is 0 Å². The molecule has 0 bridgehead atoms. The number of benzene rings is 1. The molecule has 1 rings (SSSR count). The molecule has 68 valence electrons. The zero-order chi connectivity index (χ0) is 9.84. The second-order valence-electron chi connectivity index (χ2n) is 2.68. The number of oxime groups is 1. The Hall–Kier alpha value is -1.33. The van der Waals surface area contributed by atoms with Crippen LogP contribution in [0.15, 0.2) is 29.4 Å². The number of hydrogen-bond donors (Lipinski definition) is 3. The Kier molecular flexibility index (Phi) is 3.05. The quantitative estimate of drug-likeness (QED) is 0.249. The monoisotopic (exact) mass is 179 g/mol. The second-order valence-corrected chi connectivity index (χ2v) is 2.68. The Morgan fingerprint density at radius 3 is 2.62 bits per heavy atom. The van der Waals surface area contributed by atoms with Crippen molar-refractivity contribution in [3.8, 4) is 0 Å². The first-order chi connectivity index (χ1) is 6.15. The maximum atomic E-state index is 8.86. The van der Waals surface area contributed by atoms with E-state index in [1.54, 1.807) is 31.2 Å². The summed E-state index contributed by atoms with van der Waals surface area (Å²) in [6, 6.07) is 6.53. The van der Waals surface area contributed by atoms with Crippen LogP contribution in [0.2, 0.25) is 0 Å². The Morgan fingerprint density at radius 2 is 2.08 bits per heavy atom. The molecule has 0 aliphatic heterocycles. The molecule has 0 unspecified atom stereocenters. The third kappa shape index (κ3) is 2.30. The van der Waals surface area contributed by atoms with Crippen LogP contribution in [0.25, 0.3) is 0 Å². The van der Waals surface area contributed by atoms with Crippen molar-refractivity contribution in [1.29, 1.82) is 0 Å². The van der Waals surface area contributed by atoms with Crippen LogP contribution in [-0.4, -0.2) is 28.1 Å². The van der Waals surface area contributed by atoms with E-state index in [4.69, 9.17) is 15.3 Å². The highest BCUT2D eigenvalue weighted by Gasteiger charge is 2.11. The van der Waals surface area contributed by atoms with Gasteiger partial charge in [-0.05, 0) is 17.9 Å². The normalized spacial score (nSPS) is 11.5. The first kappa shape index (κ1) is 9.76. The molecular weight excluding hydrogens is 169 g/mol. The van der Waals surface area contributed by atoms with Crippen LogP contribution in [0.5, 0.6) is 0 Å². The van der Waals surface area contributed by atoms with Crippen LogP contribution in [0.1, 0.15) is 12.5 Å². The van der Waals surface area contributed by atoms with Crippen LogP contribution in [0.3, 0.4) is 0 Å². The molecule has 1 aromatic rings. The van der Waals surface area contributed by atoms with Crippen molar-refractivity contribution in [2.45, 2.75) is 6.92 Å². The Bertz CT molecular complexity index is 325. The molecule has 0 spiro atoms. The molecule has 0 radical (unpaired) electrons. The lowest BCUT2D eigenvalue weighted by Gasteiger charge is -2.02. The fourth-order valence-electron chi connectivity index (χ4n) is 0.982. The van der Waals surface area contributed by atoms with E-state index < -0.39 is 7.12 Å². The van der Waals surface area contributed by atoms with Crippen molar-refractivity contribution in [2.24, 2.45) is 5.16 Å².